The average Bonchev–Trinajstić information content (AvgIpc) is 3.39. The molecule has 3 saturated heterocycles. The lowest BCUT2D eigenvalue weighted by atomic mass is 9.88. The summed E-state index contributed by atoms with van der Waals surface area (Å²) in [5.41, 5.74) is 7.52. The first kappa shape index (κ1) is 19.9. The van der Waals surface area contributed by atoms with Crippen molar-refractivity contribution in [1.29, 1.82) is 0 Å². The number of primary amides is 1. The number of hydrogen-bond donors (Lipinski definition) is 1. The Labute approximate surface area is 181 Å². The van der Waals surface area contributed by atoms with Crippen LogP contribution in [0.5, 0.6) is 5.75 Å². The Bertz CT molecular complexity index is 932. The first-order chi connectivity index (χ1) is 14.6. The molecule has 8 heteroatoms. The number of benzene rings is 1. The molecule has 0 radical (unpaired) electrons. The number of fused-ring (bicyclic) bond motifs is 1. The van der Waals surface area contributed by atoms with Crippen molar-refractivity contribution in [1.82, 2.24) is 9.88 Å². The number of nitrogens with two attached hydrogens (primary N) is 1. The highest BCUT2D eigenvalue weighted by atomic mass is 32.1. The predicted octanol–water partition coefficient (Wildman–Crippen LogP) is 4.06. The number of methoxy groups -OCH3 is 1. The van der Waals surface area contributed by atoms with E-state index in [4.69, 9.17) is 20.2 Å². The molecule has 4 heterocycles. The van der Waals surface area contributed by atoms with Gasteiger partial charge >= 0.3 is 6.03 Å². The van der Waals surface area contributed by atoms with Gasteiger partial charge in [0.05, 0.1) is 23.1 Å². The summed E-state index contributed by atoms with van der Waals surface area (Å²) >= 11 is 1.75. The summed E-state index contributed by atoms with van der Waals surface area (Å²) in [5, 5.41) is 1.04. The number of ether oxygens (including phenoxy) is 2. The molecule has 1 spiro atoms. The third kappa shape index (κ3) is 3.50. The van der Waals surface area contributed by atoms with Crippen LogP contribution in [-0.2, 0) is 4.74 Å². The Kier molecular flexibility index (Phi) is 5.23. The molecule has 3 aliphatic rings. The molecule has 30 heavy (non-hydrogen) atoms. The maximum atomic E-state index is 11.4. The summed E-state index contributed by atoms with van der Waals surface area (Å²) in [7, 11) is 1.71. The smallest absolute Gasteiger partial charge is 0.314 e. The first-order valence-electron chi connectivity index (χ1n) is 11.0. The highest BCUT2D eigenvalue weighted by Crippen LogP contribution is 2.48. The lowest BCUT2D eigenvalue weighted by molar-refractivity contribution is -0.0725. The van der Waals surface area contributed by atoms with Crippen molar-refractivity contribution in [3.8, 4) is 5.75 Å². The number of anilines is 1. The lowest BCUT2D eigenvalue weighted by Gasteiger charge is -2.38. The van der Waals surface area contributed by atoms with Gasteiger partial charge in [-0.25, -0.2) is 9.78 Å². The monoisotopic (exact) mass is 430 g/mol. The van der Waals surface area contributed by atoms with Gasteiger partial charge in [-0.2, -0.15) is 0 Å². The van der Waals surface area contributed by atoms with Crippen molar-refractivity contribution in [3.63, 3.8) is 0 Å². The normalized spacial score (nSPS) is 24.0. The minimum absolute atomic E-state index is 0.0152. The van der Waals surface area contributed by atoms with Crippen molar-refractivity contribution in [2.75, 3.05) is 38.2 Å². The van der Waals surface area contributed by atoms with Gasteiger partial charge in [-0.1, -0.05) is 0 Å². The van der Waals surface area contributed by atoms with Crippen LogP contribution in [-0.4, -0.2) is 54.8 Å². The minimum atomic E-state index is -0.331. The third-order valence-corrected chi connectivity index (χ3v) is 8.11. The number of amides is 2. The summed E-state index contributed by atoms with van der Waals surface area (Å²) in [6.07, 6.45) is 7.50. The Balaban J connectivity index is 1.41. The highest BCUT2D eigenvalue weighted by molar-refractivity contribution is 7.19. The number of thiazole rings is 1. The van der Waals surface area contributed by atoms with Crippen molar-refractivity contribution < 1.29 is 14.3 Å². The number of urea groups is 1. The molecule has 1 atom stereocenters. The highest BCUT2D eigenvalue weighted by Gasteiger charge is 2.44. The first-order valence-corrected chi connectivity index (χ1v) is 11.8. The second kappa shape index (κ2) is 7.89. The predicted molar refractivity (Wildman–Crippen MR) is 118 cm³/mol. The van der Waals surface area contributed by atoms with E-state index in [1.54, 1.807) is 23.3 Å². The minimum Gasteiger partial charge on any atom is -0.494 e. The average molecular weight is 431 g/mol. The molecule has 0 saturated carbocycles. The van der Waals surface area contributed by atoms with Crippen molar-refractivity contribution in [2.45, 2.75) is 56.7 Å². The molecule has 2 N–H and O–H groups in total. The number of likely N-dealkylation sites (tertiary alicyclic amines) is 1. The van der Waals surface area contributed by atoms with Crippen LogP contribution in [0, 0.1) is 0 Å². The van der Waals surface area contributed by atoms with E-state index in [-0.39, 0.29) is 17.7 Å². The number of carbonyl (C=O) groups is 1. The topological polar surface area (TPSA) is 80.9 Å². The number of nitrogens with zero attached hydrogens (tertiary/aromatic N) is 3. The van der Waals surface area contributed by atoms with Gasteiger partial charge in [0.2, 0.25) is 0 Å². The van der Waals surface area contributed by atoms with Crippen molar-refractivity contribution in [2.24, 2.45) is 5.73 Å². The van der Waals surface area contributed by atoms with Gasteiger partial charge < -0.3 is 25.0 Å². The standard InChI is InChI=1S/C22H30N4O3S/c1-28-16-6-5-15(25-11-3-2-4-12-25)19-18(16)24-20(30-19)17-7-8-22(29-17)9-13-26(14-10-22)21(23)27/h5-6,17H,2-4,7-14H2,1H3,(H2,23,27). The summed E-state index contributed by atoms with van der Waals surface area (Å²) in [5.74, 6) is 0.829. The molecule has 1 aromatic heterocycles. The van der Waals surface area contributed by atoms with Crippen molar-refractivity contribution >= 4 is 33.3 Å². The van der Waals surface area contributed by atoms with Crippen LogP contribution in [0.25, 0.3) is 10.2 Å². The molecule has 3 fully saturated rings. The Morgan fingerprint density at radius 1 is 1.20 bits per heavy atom. The largest absolute Gasteiger partial charge is 0.494 e. The lowest BCUT2D eigenvalue weighted by Crippen LogP contribution is -2.48. The van der Waals surface area contributed by atoms with Crippen LogP contribution in [0.2, 0.25) is 0 Å². The maximum Gasteiger partial charge on any atom is 0.314 e. The van der Waals surface area contributed by atoms with Crippen LogP contribution < -0.4 is 15.4 Å². The molecule has 1 unspecified atom stereocenters. The Hall–Kier alpha value is -2.06. The van der Waals surface area contributed by atoms with Gasteiger partial charge in [-0.3, -0.25) is 0 Å². The molecule has 1 aromatic carbocycles. The molecule has 3 aliphatic heterocycles. The molecule has 0 aliphatic carbocycles. The molecule has 2 aromatic rings. The fourth-order valence-corrected chi connectivity index (χ4v) is 6.35. The van der Waals surface area contributed by atoms with Gasteiger partial charge in [0.25, 0.3) is 0 Å². The zero-order chi connectivity index (χ0) is 20.7. The fourth-order valence-electron chi connectivity index (χ4n) is 5.16. The van der Waals surface area contributed by atoms with E-state index in [1.807, 2.05) is 6.07 Å². The molecular formula is C22H30N4O3S. The van der Waals surface area contributed by atoms with E-state index in [0.29, 0.717) is 13.1 Å². The van der Waals surface area contributed by atoms with Crippen molar-refractivity contribution in [3.05, 3.63) is 17.1 Å². The summed E-state index contributed by atoms with van der Waals surface area (Å²) in [6.45, 7) is 3.56. The van der Waals surface area contributed by atoms with Gasteiger partial charge in [-0.15, -0.1) is 11.3 Å². The molecule has 7 nitrogen and oxygen atoms in total. The SMILES string of the molecule is COc1ccc(N2CCCCC2)c2sc(C3CCC4(CCN(C(N)=O)CC4)O3)nc12. The fraction of sp³-hybridized carbons (Fsp3) is 0.636. The van der Waals surface area contributed by atoms with Crippen LogP contribution in [0.3, 0.4) is 0 Å². The molecule has 5 rings (SSSR count). The van der Waals surface area contributed by atoms with E-state index < -0.39 is 0 Å². The van der Waals surface area contributed by atoms with Crippen LogP contribution in [0.1, 0.15) is 56.1 Å². The number of hydrogen-bond acceptors (Lipinski definition) is 6. The molecular weight excluding hydrogens is 400 g/mol. The second-order valence-electron chi connectivity index (χ2n) is 8.72. The summed E-state index contributed by atoms with van der Waals surface area (Å²) < 4.78 is 13.4. The van der Waals surface area contributed by atoms with E-state index in [9.17, 15) is 4.79 Å². The van der Waals surface area contributed by atoms with Gasteiger partial charge in [0.1, 0.15) is 22.4 Å². The molecule has 0 bridgehead atoms. The van der Waals surface area contributed by atoms with Crippen LogP contribution >= 0.6 is 11.3 Å². The number of rotatable bonds is 3. The van der Waals surface area contributed by atoms with Crippen LogP contribution in [0.4, 0.5) is 10.5 Å². The zero-order valence-electron chi connectivity index (χ0n) is 17.6. The molecule has 162 valence electrons. The van der Waals surface area contributed by atoms with E-state index in [0.717, 1.165) is 55.0 Å². The number of piperidine rings is 2. The number of carbonyl (C=O) groups excluding carboxylic acids is 1. The third-order valence-electron chi connectivity index (χ3n) is 6.94. The summed E-state index contributed by atoms with van der Waals surface area (Å²) in [6, 6.07) is 3.90. The van der Waals surface area contributed by atoms with E-state index in [1.165, 1.54) is 29.6 Å². The van der Waals surface area contributed by atoms with Gasteiger partial charge in [0.15, 0.2) is 0 Å². The Morgan fingerprint density at radius 2 is 1.97 bits per heavy atom. The van der Waals surface area contributed by atoms with E-state index in [2.05, 4.69) is 11.0 Å². The second-order valence-corrected chi connectivity index (χ2v) is 9.75. The maximum absolute atomic E-state index is 11.4. The van der Waals surface area contributed by atoms with Gasteiger partial charge in [0, 0.05) is 26.2 Å². The quantitative estimate of drug-likeness (QED) is 0.794. The van der Waals surface area contributed by atoms with Crippen LogP contribution in [0.15, 0.2) is 12.1 Å². The van der Waals surface area contributed by atoms with E-state index >= 15 is 0 Å². The summed E-state index contributed by atoms with van der Waals surface area (Å²) in [4.78, 5) is 20.7. The number of aromatic nitrogens is 1. The molecule has 2 amide bonds. The Morgan fingerprint density at radius 3 is 2.67 bits per heavy atom. The van der Waals surface area contributed by atoms with Gasteiger partial charge in [-0.05, 0) is 57.1 Å². The zero-order valence-corrected chi connectivity index (χ0v) is 18.4.